The van der Waals surface area contributed by atoms with E-state index in [0.29, 0.717) is 16.9 Å². The van der Waals surface area contributed by atoms with Crippen LogP contribution in [0.1, 0.15) is 10.6 Å². The summed E-state index contributed by atoms with van der Waals surface area (Å²) in [4.78, 5) is 10.6. The van der Waals surface area contributed by atoms with Crippen LogP contribution in [0.2, 0.25) is 0 Å². The van der Waals surface area contributed by atoms with Crippen LogP contribution in [0.15, 0.2) is 33.3 Å². The number of carboxylic acids is 1. The first-order chi connectivity index (χ1) is 7.58. The Morgan fingerprint density at radius 3 is 2.75 bits per heavy atom. The first kappa shape index (κ1) is 10.7. The number of benzene rings is 1. The first-order valence-electron chi connectivity index (χ1n) is 4.33. The van der Waals surface area contributed by atoms with Crippen LogP contribution in [-0.2, 0) is 0 Å². The lowest BCUT2D eigenvalue weighted by molar-refractivity contribution is 0.0652. The summed E-state index contributed by atoms with van der Waals surface area (Å²) in [7, 11) is 0. The van der Waals surface area contributed by atoms with Crippen LogP contribution >= 0.6 is 15.9 Å². The van der Waals surface area contributed by atoms with E-state index in [1.807, 2.05) is 0 Å². The fraction of sp³-hybridized carbons (Fsp3) is 0. The predicted molar refractivity (Wildman–Crippen MR) is 61.0 cm³/mol. The van der Waals surface area contributed by atoms with E-state index in [4.69, 9.17) is 10.8 Å². The lowest BCUT2D eigenvalue weighted by Crippen LogP contribution is -1.91. The Kier molecular flexibility index (Phi) is 2.66. The van der Waals surface area contributed by atoms with Crippen molar-refractivity contribution in [2.45, 2.75) is 0 Å². The Hall–Kier alpha value is -1.82. The first-order valence-corrected chi connectivity index (χ1v) is 5.12. The van der Waals surface area contributed by atoms with Crippen molar-refractivity contribution >= 4 is 27.6 Å². The Balaban J connectivity index is 2.42. The van der Waals surface area contributed by atoms with Gasteiger partial charge in [-0.2, -0.15) is 0 Å². The van der Waals surface area contributed by atoms with Crippen LogP contribution in [-0.4, -0.2) is 16.2 Å². The van der Waals surface area contributed by atoms with Gasteiger partial charge in [-0.1, -0.05) is 11.2 Å². The van der Waals surface area contributed by atoms with Gasteiger partial charge in [0.05, 0.1) is 0 Å². The molecule has 0 unspecified atom stereocenters. The second kappa shape index (κ2) is 3.97. The number of aromatic carboxylic acids is 1. The molecule has 0 atom stereocenters. The zero-order valence-electron chi connectivity index (χ0n) is 7.98. The molecule has 0 amide bonds. The van der Waals surface area contributed by atoms with Crippen LogP contribution < -0.4 is 5.73 Å². The van der Waals surface area contributed by atoms with Gasteiger partial charge < -0.3 is 15.4 Å². The van der Waals surface area contributed by atoms with Gasteiger partial charge in [0.15, 0.2) is 0 Å². The van der Waals surface area contributed by atoms with Crippen molar-refractivity contribution in [1.82, 2.24) is 5.16 Å². The van der Waals surface area contributed by atoms with Gasteiger partial charge in [-0.3, -0.25) is 0 Å². The van der Waals surface area contributed by atoms with Gasteiger partial charge in [0.25, 0.3) is 0 Å². The zero-order valence-corrected chi connectivity index (χ0v) is 9.56. The van der Waals surface area contributed by atoms with E-state index in [2.05, 4.69) is 25.6 Å². The normalized spacial score (nSPS) is 10.3. The summed E-state index contributed by atoms with van der Waals surface area (Å²) in [5, 5.41) is 12.3. The molecule has 2 aromatic rings. The predicted octanol–water partition coefficient (Wildman–Crippen LogP) is 2.38. The molecule has 0 saturated carbocycles. The van der Waals surface area contributed by atoms with Crippen molar-refractivity contribution < 1.29 is 14.4 Å². The molecule has 0 bridgehead atoms. The molecule has 0 saturated heterocycles. The molecule has 6 heteroatoms. The van der Waals surface area contributed by atoms with E-state index in [1.165, 1.54) is 6.07 Å². The maximum absolute atomic E-state index is 10.6. The van der Waals surface area contributed by atoms with Crippen LogP contribution in [0, 0.1) is 0 Å². The number of hydrogen-bond donors (Lipinski definition) is 2. The number of rotatable bonds is 2. The average Bonchev–Trinajstić information content (AvgIpc) is 2.71. The molecule has 2 rings (SSSR count). The highest BCUT2D eigenvalue weighted by Gasteiger charge is 2.12. The summed E-state index contributed by atoms with van der Waals surface area (Å²) in [6.07, 6.45) is 0. The van der Waals surface area contributed by atoms with Crippen LogP contribution in [0.4, 0.5) is 5.69 Å². The third-order valence-corrected chi connectivity index (χ3v) is 2.73. The molecule has 0 radical (unpaired) electrons. The summed E-state index contributed by atoms with van der Waals surface area (Å²) in [5.74, 6) is -1.35. The van der Waals surface area contributed by atoms with E-state index in [9.17, 15) is 4.79 Å². The van der Waals surface area contributed by atoms with Gasteiger partial charge in [-0.15, -0.1) is 0 Å². The molecular formula is C10H7BrN2O3. The van der Waals surface area contributed by atoms with Gasteiger partial charge in [-0.25, -0.2) is 4.79 Å². The van der Waals surface area contributed by atoms with Crippen molar-refractivity contribution in [3.8, 4) is 11.3 Å². The van der Waals surface area contributed by atoms with E-state index >= 15 is 0 Å². The van der Waals surface area contributed by atoms with E-state index in [1.54, 1.807) is 18.2 Å². The number of nitrogens with two attached hydrogens (primary N) is 1. The minimum absolute atomic E-state index is 0.198. The highest BCUT2D eigenvalue weighted by Crippen LogP contribution is 2.26. The largest absolute Gasteiger partial charge is 0.475 e. The van der Waals surface area contributed by atoms with Crippen LogP contribution in [0.3, 0.4) is 0 Å². The molecule has 1 aromatic carbocycles. The Bertz CT molecular complexity index is 551. The standard InChI is InChI=1S/C10H7BrN2O3/c11-6-2-1-5(3-7(6)12)8-4-9(10(14)15)16-13-8/h1-4H,12H2,(H,14,15). The van der Waals surface area contributed by atoms with E-state index < -0.39 is 5.97 Å². The number of carbonyl (C=O) groups is 1. The van der Waals surface area contributed by atoms with Gasteiger partial charge in [-0.05, 0) is 28.1 Å². The highest BCUT2D eigenvalue weighted by molar-refractivity contribution is 9.10. The number of aromatic nitrogens is 1. The minimum atomic E-state index is -1.15. The van der Waals surface area contributed by atoms with Gasteiger partial charge in [0, 0.05) is 21.8 Å². The molecule has 0 aliphatic heterocycles. The maximum Gasteiger partial charge on any atom is 0.374 e. The quantitative estimate of drug-likeness (QED) is 0.826. The van der Waals surface area contributed by atoms with Crippen molar-refractivity contribution in [3.63, 3.8) is 0 Å². The highest BCUT2D eigenvalue weighted by atomic mass is 79.9. The number of halogens is 1. The molecule has 0 fully saturated rings. The third-order valence-electron chi connectivity index (χ3n) is 2.01. The lowest BCUT2D eigenvalue weighted by Gasteiger charge is -1.99. The van der Waals surface area contributed by atoms with Crippen molar-refractivity contribution in [2.75, 3.05) is 5.73 Å². The van der Waals surface area contributed by atoms with E-state index in [0.717, 1.165) is 4.47 Å². The fourth-order valence-corrected chi connectivity index (χ4v) is 1.46. The van der Waals surface area contributed by atoms with E-state index in [-0.39, 0.29) is 5.76 Å². The summed E-state index contributed by atoms with van der Waals surface area (Å²) >= 11 is 3.27. The number of nitrogens with zero attached hydrogens (tertiary/aromatic N) is 1. The molecule has 3 N–H and O–H groups in total. The number of hydrogen-bond acceptors (Lipinski definition) is 4. The van der Waals surface area contributed by atoms with Gasteiger partial charge >= 0.3 is 5.97 Å². The molecule has 82 valence electrons. The Labute approximate surface area is 99.0 Å². The number of carboxylic acid groups (broad SMARTS) is 1. The van der Waals surface area contributed by atoms with Gasteiger partial charge in [0.2, 0.25) is 5.76 Å². The molecule has 1 heterocycles. The summed E-state index contributed by atoms with van der Waals surface area (Å²) in [6, 6.07) is 6.57. The molecule has 0 aliphatic rings. The number of nitrogen functional groups attached to an aromatic ring is 1. The smallest absolute Gasteiger partial charge is 0.374 e. The second-order valence-corrected chi connectivity index (χ2v) is 3.97. The van der Waals surface area contributed by atoms with Gasteiger partial charge in [0.1, 0.15) is 5.69 Å². The lowest BCUT2D eigenvalue weighted by atomic mass is 10.1. The van der Waals surface area contributed by atoms with Crippen molar-refractivity contribution in [2.24, 2.45) is 0 Å². The summed E-state index contributed by atoms with van der Waals surface area (Å²) in [5.41, 5.74) is 7.40. The maximum atomic E-state index is 10.6. The SMILES string of the molecule is Nc1cc(-c2cc(C(=O)O)on2)ccc1Br. The summed E-state index contributed by atoms with van der Waals surface area (Å²) in [6.45, 7) is 0. The van der Waals surface area contributed by atoms with Crippen LogP contribution in [0.5, 0.6) is 0 Å². The molecular weight excluding hydrogens is 276 g/mol. The second-order valence-electron chi connectivity index (χ2n) is 3.12. The van der Waals surface area contributed by atoms with Crippen LogP contribution in [0.25, 0.3) is 11.3 Å². The molecule has 16 heavy (non-hydrogen) atoms. The molecule has 0 spiro atoms. The monoisotopic (exact) mass is 282 g/mol. The van der Waals surface area contributed by atoms with Crippen molar-refractivity contribution in [1.29, 1.82) is 0 Å². The molecule has 1 aromatic heterocycles. The topological polar surface area (TPSA) is 89.4 Å². The van der Waals surface area contributed by atoms with Crippen molar-refractivity contribution in [3.05, 3.63) is 34.5 Å². The average molecular weight is 283 g/mol. The Morgan fingerprint density at radius 2 is 2.19 bits per heavy atom. The third kappa shape index (κ3) is 1.92. The molecule has 5 nitrogen and oxygen atoms in total. The summed E-state index contributed by atoms with van der Waals surface area (Å²) < 4.78 is 5.42. The zero-order chi connectivity index (χ0) is 11.7. The fourth-order valence-electron chi connectivity index (χ4n) is 1.22. The molecule has 0 aliphatic carbocycles. The number of anilines is 1. The Morgan fingerprint density at radius 1 is 1.44 bits per heavy atom. The minimum Gasteiger partial charge on any atom is -0.475 e.